The molecule has 3 nitrogen and oxygen atoms in total. The van der Waals surface area contributed by atoms with Crippen LogP contribution in [0.1, 0.15) is 24.0 Å². The van der Waals surface area contributed by atoms with Gasteiger partial charge in [-0.1, -0.05) is 24.3 Å². The Morgan fingerprint density at radius 2 is 2.00 bits per heavy atom. The van der Waals surface area contributed by atoms with Gasteiger partial charge >= 0.3 is 6.03 Å². The molecule has 1 heterocycles. The van der Waals surface area contributed by atoms with Crippen molar-refractivity contribution in [3.63, 3.8) is 0 Å². The number of nitrogens with one attached hydrogen (secondary N) is 1. The van der Waals surface area contributed by atoms with E-state index in [1.165, 1.54) is 24.0 Å². The number of rotatable bonds is 4. The van der Waals surface area contributed by atoms with Crippen LogP contribution in [0.5, 0.6) is 0 Å². The standard InChI is InChI=1S/C16H22N2O/c1-12-4-2-3-5-15(12)8-14-10-18(11-14)16(19)17-9-13-6-7-13/h2-5,13-14H,6-11H2,1H3,(H,17,19). The van der Waals surface area contributed by atoms with Crippen molar-refractivity contribution in [2.75, 3.05) is 19.6 Å². The fraction of sp³-hybridized carbons (Fsp3) is 0.562. The molecule has 102 valence electrons. The van der Waals surface area contributed by atoms with Crippen molar-refractivity contribution < 1.29 is 4.79 Å². The lowest BCUT2D eigenvalue weighted by Gasteiger charge is -2.39. The summed E-state index contributed by atoms with van der Waals surface area (Å²) < 4.78 is 0. The number of likely N-dealkylation sites (tertiary alicyclic amines) is 1. The van der Waals surface area contributed by atoms with Crippen LogP contribution in [-0.4, -0.2) is 30.6 Å². The van der Waals surface area contributed by atoms with Gasteiger partial charge in [-0.05, 0) is 49.1 Å². The molecule has 0 atom stereocenters. The van der Waals surface area contributed by atoms with E-state index in [4.69, 9.17) is 0 Å². The molecular formula is C16H22N2O. The second-order valence-corrected chi connectivity index (χ2v) is 6.03. The number of aryl methyl sites for hydroxylation is 1. The summed E-state index contributed by atoms with van der Waals surface area (Å²) in [4.78, 5) is 13.8. The van der Waals surface area contributed by atoms with Crippen molar-refractivity contribution in [1.82, 2.24) is 10.2 Å². The highest BCUT2D eigenvalue weighted by Crippen LogP contribution is 2.28. The second kappa shape index (κ2) is 5.24. The van der Waals surface area contributed by atoms with Gasteiger partial charge in [0.2, 0.25) is 0 Å². The van der Waals surface area contributed by atoms with E-state index in [0.29, 0.717) is 5.92 Å². The third-order valence-electron chi connectivity index (χ3n) is 4.25. The Hall–Kier alpha value is -1.51. The SMILES string of the molecule is Cc1ccccc1CC1CN(C(=O)NCC2CC2)C1. The molecule has 0 spiro atoms. The van der Waals surface area contributed by atoms with Crippen LogP contribution in [0, 0.1) is 18.8 Å². The quantitative estimate of drug-likeness (QED) is 0.884. The van der Waals surface area contributed by atoms with Crippen molar-refractivity contribution in [2.24, 2.45) is 11.8 Å². The summed E-state index contributed by atoms with van der Waals surface area (Å²) in [5, 5.41) is 3.03. The van der Waals surface area contributed by atoms with Crippen LogP contribution < -0.4 is 5.32 Å². The maximum atomic E-state index is 11.8. The molecule has 0 radical (unpaired) electrons. The summed E-state index contributed by atoms with van der Waals surface area (Å²) in [7, 11) is 0. The predicted molar refractivity (Wildman–Crippen MR) is 76.1 cm³/mol. The molecule has 2 aliphatic rings. The zero-order valence-electron chi connectivity index (χ0n) is 11.6. The zero-order valence-corrected chi connectivity index (χ0v) is 11.6. The van der Waals surface area contributed by atoms with Gasteiger partial charge in [0.05, 0.1) is 0 Å². The number of carbonyl (C=O) groups is 1. The minimum atomic E-state index is 0.132. The third-order valence-corrected chi connectivity index (χ3v) is 4.25. The zero-order chi connectivity index (χ0) is 13.2. The maximum Gasteiger partial charge on any atom is 0.317 e. The molecule has 1 aliphatic heterocycles. The van der Waals surface area contributed by atoms with Crippen molar-refractivity contribution in [3.05, 3.63) is 35.4 Å². The van der Waals surface area contributed by atoms with Crippen molar-refractivity contribution >= 4 is 6.03 Å². The molecule has 0 unspecified atom stereocenters. The normalized spacial score (nSPS) is 19.1. The first kappa shape index (κ1) is 12.5. The number of carbonyl (C=O) groups excluding carboxylic acids is 1. The number of nitrogens with zero attached hydrogens (tertiary/aromatic N) is 1. The van der Waals surface area contributed by atoms with E-state index in [9.17, 15) is 4.79 Å². The van der Waals surface area contributed by atoms with Crippen molar-refractivity contribution in [1.29, 1.82) is 0 Å². The van der Waals surface area contributed by atoms with E-state index in [-0.39, 0.29) is 6.03 Å². The number of urea groups is 1. The van der Waals surface area contributed by atoms with Gasteiger partial charge in [-0.2, -0.15) is 0 Å². The Kier molecular flexibility index (Phi) is 3.45. The van der Waals surface area contributed by atoms with Crippen LogP contribution in [-0.2, 0) is 6.42 Å². The minimum Gasteiger partial charge on any atom is -0.338 e. The van der Waals surface area contributed by atoms with Gasteiger partial charge in [0.1, 0.15) is 0 Å². The first-order valence-corrected chi connectivity index (χ1v) is 7.29. The van der Waals surface area contributed by atoms with E-state index in [2.05, 4.69) is 36.5 Å². The highest BCUT2D eigenvalue weighted by Gasteiger charge is 2.31. The number of hydrogen-bond donors (Lipinski definition) is 1. The van der Waals surface area contributed by atoms with Crippen LogP contribution >= 0.6 is 0 Å². The summed E-state index contributed by atoms with van der Waals surface area (Å²) in [6, 6.07) is 8.67. The monoisotopic (exact) mass is 258 g/mol. The number of hydrogen-bond acceptors (Lipinski definition) is 1. The predicted octanol–water partition coefficient (Wildman–Crippen LogP) is 2.59. The Labute approximate surface area is 115 Å². The highest BCUT2D eigenvalue weighted by molar-refractivity contribution is 5.75. The van der Waals surface area contributed by atoms with Gasteiger partial charge in [-0.15, -0.1) is 0 Å². The molecule has 0 aromatic heterocycles. The molecule has 1 N–H and O–H groups in total. The molecular weight excluding hydrogens is 236 g/mol. The summed E-state index contributed by atoms with van der Waals surface area (Å²) in [6.07, 6.45) is 3.67. The van der Waals surface area contributed by atoms with Crippen LogP contribution in [0.15, 0.2) is 24.3 Å². The summed E-state index contributed by atoms with van der Waals surface area (Å²) in [5.41, 5.74) is 2.78. The van der Waals surface area contributed by atoms with E-state index in [0.717, 1.165) is 32.0 Å². The lowest BCUT2D eigenvalue weighted by molar-refractivity contribution is 0.120. The molecule has 0 bridgehead atoms. The Morgan fingerprint density at radius 1 is 1.26 bits per heavy atom. The Balaban J connectivity index is 1.42. The lowest BCUT2D eigenvalue weighted by atomic mass is 9.90. The van der Waals surface area contributed by atoms with Crippen LogP contribution in [0.25, 0.3) is 0 Å². The number of amides is 2. The van der Waals surface area contributed by atoms with E-state index in [1.54, 1.807) is 0 Å². The first-order valence-electron chi connectivity index (χ1n) is 7.29. The lowest BCUT2D eigenvalue weighted by Crippen LogP contribution is -2.54. The highest BCUT2D eigenvalue weighted by atomic mass is 16.2. The van der Waals surface area contributed by atoms with E-state index < -0.39 is 0 Å². The van der Waals surface area contributed by atoms with Gasteiger partial charge in [0, 0.05) is 19.6 Å². The largest absolute Gasteiger partial charge is 0.338 e. The molecule has 2 amide bonds. The molecule has 1 saturated carbocycles. The van der Waals surface area contributed by atoms with Crippen LogP contribution in [0.2, 0.25) is 0 Å². The van der Waals surface area contributed by atoms with E-state index in [1.807, 2.05) is 4.90 Å². The first-order chi connectivity index (χ1) is 9.22. The van der Waals surface area contributed by atoms with Gasteiger partial charge in [-0.25, -0.2) is 4.79 Å². The molecule has 3 rings (SSSR count). The average molecular weight is 258 g/mol. The molecule has 1 aromatic carbocycles. The van der Waals surface area contributed by atoms with Gasteiger partial charge in [0.15, 0.2) is 0 Å². The fourth-order valence-electron chi connectivity index (χ4n) is 2.68. The molecule has 1 aromatic rings. The molecule has 3 heteroatoms. The van der Waals surface area contributed by atoms with Crippen LogP contribution in [0.4, 0.5) is 4.79 Å². The molecule has 2 fully saturated rings. The topological polar surface area (TPSA) is 32.3 Å². The Bertz CT molecular complexity index is 462. The second-order valence-electron chi connectivity index (χ2n) is 6.03. The fourth-order valence-corrected chi connectivity index (χ4v) is 2.68. The smallest absolute Gasteiger partial charge is 0.317 e. The minimum absolute atomic E-state index is 0.132. The van der Waals surface area contributed by atoms with Crippen LogP contribution in [0.3, 0.4) is 0 Å². The van der Waals surface area contributed by atoms with Crippen molar-refractivity contribution in [2.45, 2.75) is 26.2 Å². The summed E-state index contributed by atoms with van der Waals surface area (Å²) in [5.74, 6) is 1.39. The van der Waals surface area contributed by atoms with E-state index >= 15 is 0 Å². The average Bonchev–Trinajstić information content (AvgIpc) is 3.16. The third kappa shape index (κ3) is 3.09. The van der Waals surface area contributed by atoms with Gasteiger partial charge in [0.25, 0.3) is 0 Å². The number of benzene rings is 1. The summed E-state index contributed by atoms with van der Waals surface area (Å²) >= 11 is 0. The summed E-state index contributed by atoms with van der Waals surface area (Å²) in [6.45, 7) is 4.85. The molecule has 1 saturated heterocycles. The molecule has 1 aliphatic carbocycles. The van der Waals surface area contributed by atoms with Crippen molar-refractivity contribution in [3.8, 4) is 0 Å². The van der Waals surface area contributed by atoms with Gasteiger partial charge in [-0.3, -0.25) is 0 Å². The van der Waals surface area contributed by atoms with Gasteiger partial charge < -0.3 is 10.2 Å². The molecule has 19 heavy (non-hydrogen) atoms. The maximum absolute atomic E-state index is 11.8. The Morgan fingerprint density at radius 3 is 2.68 bits per heavy atom.